The highest BCUT2D eigenvalue weighted by Crippen LogP contribution is 2.61. The van der Waals surface area contributed by atoms with Gasteiger partial charge in [-0.15, -0.1) is 0 Å². The van der Waals surface area contributed by atoms with Gasteiger partial charge in [0.1, 0.15) is 0 Å². The van der Waals surface area contributed by atoms with Gasteiger partial charge in [0, 0.05) is 0 Å². The normalized spacial score (nSPS) is 15.9. The lowest BCUT2D eigenvalue weighted by molar-refractivity contribution is 0.462. The van der Waals surface area contributed by atoms with Crippen molar-refractivity contribution in [1.82, 2.24) is 0 Å². The van der Waals surface area contributed by atoms with Crippen molar-refractivity contribution in [2.24, 2.45) is 0 Å². The Morgan fingerprint density at radius 3 is 0.714 bits per heavy atom. The standard InChI is InChI=1S/C12H30Si2/c1-11(2,13(5,6)7)12(3,4)14(8,9)10/h1-10H3. The molecular weight excluding hydrogens is 200 g/mol. The molecule has 0 fully saturated rings. The lowest BCUT2D eigenvalue weighted by Crippen LogP contribution is -2.51. The molecule has 0 aromatic rings. The Bertz CT molecular complexity index is 177. The van der Waals surface area contributed by atoms with Gasteiger partial charge in [-0.2, -0.15) is 0 Å². The SMILES string of the molecule is CC(C)(C(C)(C)[Si](C)(C)C)[Si](C)(C)C. The van der Waals surface area contributed by atoms with Gasteiger partial charge in [0.15, 0.2) is 0 Å². The molecule has 0 aliphatic carbocycles. The maximum atomic E-state index is 2.51. The molecule has 0 aromatic carbocycles. The Labute approximate surface area is 93.5 Å². The van der Waals surface area contributed by atoms with Crippen molar-refractivity contribution < 1.29 is 0 Å². The van der Waals surface area contributed by atoms with E-state index in [1.165, 1.54) is 0 Å². The van der Waals surface area contributed by atoms with Crippen LogP contribution in [0.25, 0.3) is 0 Å². The molecule has 0 bridgehead atoms. The lowest BCUT2D eigenvalue weighted by atomic mass is 9.97. The molecule has 0 nitrogen and oxygen atoms in total. The van der Waals surface area contributed by atoms with Gasteiger partial charge in [0.2, 0.25) is 0 Å². The van der Waals surface area contributed by atoms with Crippen molar-refractivity contribution in [3.63, 3.8) is 0 Å². The lowest BCUT2D eigenvalue weighted by Gasteiger charge is -2.55. The topological polar surface area (TPSA) is 0 Å². The average molecular weight is 231 g/mol. The molecule has 86 valence electrons. The molecule has 0 saturated carbocycles. The summed E-state index contributed by atoms with van der Waals surface area (Å²) in [6, 6.07) is 0. The number of hydrogen-bond acceptors (Lipinski definition) is 0. The summed E-state index contributed by atoms with van der Waals surface area (Å²) in [6.45, 7) is 25.0. The average Bonchev–Trinajstić information content (AvgIpc) is 1.81. The Morgan fingerprint density at radius 2 is 0.643 bits per heavy atom. The molecule has 14 heavy (non-hydrogen) atoms. The van der Waals surface area contributed by atoms with Crippen molar-refractivity contribution in [2.75, 3.05) is 0 Å². The highest BCUT2D eigenvalue weighted by atomic mass is 28.3. The van der Waals surface area contributed by atoms with Gasteiger partial charge in [0.25, 0.3) is 0 Å². The van der Waals surface area contributed by atoms with Crippen molar-refractivity contribution in [3.8, 4) is 0 Å². The van der Waals surface area contributed by atoms with E-state index in [-0.39, 0.29) is 0 Å². The summed E-state index contributed by atoms with van der Waals surface area (Å²) >= 11 is 0. The molecule has 0 atom stereocenters. The van der Waals surface area contributed by atoms with E-state index in [1.54, 1.807) is 0 Å². The van der Waals surface area contributed by atoms with E-state index in [1.807, 2.05) is 0 Å². The Hall–Kier alpha value is 0.434. The van der Waals surface area contributed by atoms with Crippen LogP contribution in [0.15, 0.2) is 0 Å². The summed E-state index contributed by atoms with van der Waals surface area (Å²) in [5, 5.41) is 1.04. The third-order valence-electron chi connectivity index (χ3n) is 5.31. The zero-order valence-corrected chi connectivity index (χ0v) is 14.0. The fourth-order valence-corrected chi connectivity index (χ4v) is 7.88. The van der Waals surface area contributed by atoms with Crippen LogP contribution in [0.5, 0.6) is 0 Å². The van der Waals surface area contributed by atoms with Crippen molar-refractivity contribution in [3.05, 3.63) is 0 Å². The molecule has 0 aromatic heterocycles. The van der Waals surface area contributed by atoms with E-state index in [0.29, 0.717) is 10.1 Å². The second-order valence-electron chi connectivity index (χ2n) is 7.75. The minimum atomic E-state index is -1.10. The van der Waals surface area contributed by atoms with Crippen LogP contribution >= 0.6 is 0 Å². The first kappa shape index (κ1) is 14.4. The number of rotatable bonds is 3. The largest absolute Gasteiger partial charge is 0.0692 e. The fraction of sp³-hybridized carbons (Fsp3) is 1.00. The maximum Gasteiger partial charge on any atom is 0.0501 e. The van der Waals surface area contributed by atoms with Gasteiger partial charge in [0.05, 0.1) is 16.1 Å². The summed E-state index contributed by atoms with van der Waals surface area (Å²) in [7, 11) is -2.19. The minimum Gasteiger partial charge on any atom is -0.0692 e. The van der Waals surface area contributed by atoms with E-state index < -0.39 is 16.1 Å². The summed E-state index contributed by atoms with van der Waals surface area (Å²) in [5.74, 6) is 0. The van der Waals surface area contributed by atoms with Gasteiger partial charge >= 0.3 is 0 Å². The molecule has 0 aliphatic heterocycles. The smallest absolute Gasteiger partial charge is 0.0501 e. The summed E-state index contributed by atoms with van der Waals surface area (Å²) in [5.41, 5.74) is 0. The Balaban J connectivity index is 5.30. The van der Waals surface area contributed by atoms with Crippen molar-refractivity contribution in [2.45, 2.75) is 77.1 Å². The van der Waals surface area contributed by atoms with E-state index in [0.717, 1.165) is 0 Å². The number of hydrogen-bond donors (Lipinski definition) is 0. The quantitative estimate of drug-likeness (QED) is 0.583. The Kier molecular flexibility index (Phi) is 3.59. The minimum absolute atomic E-state index is 0.518. The Morgan fingerprint density at radius 1 is 0.500 bits per heavy atom. The second kappa shape index (κ2) is 3.48. The van der Waals surface area contributed by atoms with Crippen molar-refractivity contribution in [1.29, 1.82) is 0 Å². The second-order valence-corrected chi connectivity index (χ2v) is 19.2. The summed E-state index contributed by atoms with van der Waals surface area (Å²) in [6.07, 6.45) is 0. The molecule has 0 amide bonds. The summed E-state index contributed by atoms with van der Waals surface area (Å²) in [4.78, 5) is 0. The third kappa shape index (κ3) is 2.16. The molecule has 0 rings (SSSR count). The highest BCUT2D eigenvalue weighted by Gasteiger charge is 2.52. The highest BCUT2D eigenvalue weighted by molar-refractivity contribution is 6.85. The first-order valence-corrected chi connectivity index (χ1v) is 12.8. The van der Waals surface area contributed by atoms with E-state index in [4.69, 9.17) is 0 Å². The van der Waals surface area contributed by atoms with Crippen LogP contribution in [-0.4, -0.2) is 16.1 Å². The molecule has 0 saturated heterocycles. The predicted octanol–water partition coefficient (Wildman–Crippen LogP) is 5.22. The van der Waals surface area contributed by atoms with Gasteiger partial charge in [-0.05, 0) is 10.1 Å². The van der Waals surface area contributed by atoms with Gasteiger partial charge in [-0.25, -0.2) is 0 Å². The van der Waals surface area contributed by atoms with Gasteiger partial charge < -0.3 is 0 Å². The van der Waals surface area contributed by atoms with Crippen LogP contribution in [0, 0.1) is 0 Å². The molecule has 0 radical (unpaired) electrons. The monoisotopic (exact) mass is 230 g/mol. The molecular formula is C12H30Si2. The van der Waals surface area contributed by atoms with Crippen LogP contribution in [0.1, 0.15) is 27.7 Å². The first-order valence-electron chi connectivity index (χ1n) is 5.75. The van der Waals surface area contributed by atoms with Crippen molar-refractivity contribution >= 4 is 16.1 Å². The predicted molar refractivity (Wildman–Crippen MR) is 74.8 cm³/mol. The zero-order valence-electron chi connectivity index (χ0n) is 12.0. The van der Waals surface area contributed by atoms with Crippen LogP contribution in [0.4, 0.5) is 0 Å². The maximum absolute atomic E-state index is 2.51. The molecule has 2 heteroatoms. The molecule has 0 spiro atoms. The van der Waals surface area contributed by atoms with Gasteiger partial charge in [-0.3, -0.25) is 0 Å². The fourth-order valence-electron chi connectivity index (χ4n) is 1.88. The van der Waals surface area contributed by atoms with Gasteiger partial charge in [-0.1, -0.05) is 67.0 Å². The van der Waals surface area contributed by atoms with Crippen LogP contribution < -0.4 is 0 Å². The molecule has 0 N–H and O–H groups in total. The third-order valence-corrected chi connectivity index (χ3v) is 14.3. The molecule has 0 aliphatic rings. The molecule has 0 unspecified atom stereocenters. The van der Waals surface area contributed by atoms with E-state index >= 15 is 0 Å². The van der Waals surface area contributed by atoms with Crippen LogP contribution in [0.3, 0.4) is 0 Å². The van der Waals surface area contributed by atoms with Crippen LogP contribution in [-0.2, 0) is 0 Å². The van der Waals surface area contributed by atoms with Crippen LogP contribution in [0.2, 0.25) is 49.4 Å². The molecule has 0 heterocycles. The first-order chi connectivity index (χ1) is 5.75. The summed E-state index contributed by atoms with van der Waals surface area (Å²) < 4.78 is 0. The zero-order chi connectivity index (χ0) is 12.0. The van der Waals surface area contributed by atoms with E-state index in [2.05, 4.69) is 67.0 Å². The van der Waals surface area contributed by atoms with E-state index in [9.17, 15) is 0 Å².